The number of hydrogen-bond acceptors (Lipinski definition) is 4. The monoisotopic (exact) mass is 349 g/mol. The Balaban J connectivity index is 2.74. The third-order valence-corrected chi connectivity index (χ3v) is 3.71. The van der Waals surface area contributed by atoms with Crippen LogP contribution in [-0.2, 0) is 11.2 Å². The number of nitro groups is 1. The Labute approximate surface area is 146 Å². The van der Waals surface area contributed by atoms with Crippen molar-refractivity contribution in [2.75, 3.05) is 13.6 Å². The molecular formula is C17H23N3O5. The zero-order valence-corrected chi connectivity index (χ0v) is 14.2. The summed E-state index contributed by atoms with van der Waals surface area (Å²) in [6.07, 6.45) is 3.21. The number of nitro benzene ring substituents is 1. The van der Waals surface area contributed by atoms with Gasteiger partial charge in [0.25, 0.3) is 5.69 Å². The Hall–Kier alpha value is -2.90. The number of benzene rings is 1. The second kappa shape index (κ2) is 10.1. The maximum absolute atomic E-state index is 12.5. The van der Waals surface area contributed by atoms with Gasteiger partial charge in [-0.1, -0.05) is 18.2 Å². The average Bonchev–Trinajstić information content (AvgIpc) is 2.57. The van der Waals surface area contributed by atoms with Crippen LogP contribution in [0.4, 0.5) is 10.5 Å². The van der Waals surface area contributed by atoms with Crippen molar-refractivity contribution < 1.29 is 19.6 Å². The number of allylic oxidation sites excluding steroid dienone is 1. The van der Waals surface area contributed by atoms with Gasteiger partial charge >= 0.3 is 6.09 Å². The number of unbranched alkanes of at least 4 members (excludes halogenated alkanes) is 2. The van der Waals surface area contributed by atoms with Crippen LogP contribution in [0.25, 0.3) is 0 Å². The summed E-state index contributed by atoms with van der Waals surface area (Å²) in [4.78, 5) is 35.1. The molecule has 0 saturated heterocycles. The predicted molar refractivity (Wildman–Crippen MR) is 93.4 cm³/mol. The first-order chi connectivity index (χ1) is 11.8. The molecule has 0 radical (unpaired) electrons. The zero-order chi connectivity index (χ0) is 18.8. The van der Waals surface area contributed by atoms with Crippen LogP contribution in [0.15, 0.2) is 36.9 Å². The third-order valence-electron chi connectivity index (χ3n) is 3.71. The molecule has 0 bridgehead atoms. The fourth-order valence-corrected chi connectivity index (χ4v) is 2.35. The van der Waals surface area contributed by atoms with Crippen molar-refractivity contribution in [2.45, 2.75) is 31.7 Å². The number of likely N-dealkylation sites (N-methyl/N-ethyl adjacent to an activating group) is 1. The first-order valence-corrected chi connectivity index (χ1v) is 7.93. The molecule has 0 fully saturated rings. The predicted octanol–water partition coefficient (Wildman–Crippen LogP) is 2.59. The van der Waals surface area contributed by atoms with E-state index in [9.17, 15) is 19.7 Å². The highest BCUT2D eigenvalue weighted by Crippen LogP contribution is 2.14. The Bertz CT molecular complexity index is 615. The maximum Gasteiger partial charge on any atom is 0.405 e. The number of hydrogen-bond donors (Lipinski definition) is 2. The van der Waals surface area contributed by atoms with Crippen molar-refractivity contribution in [1.82, 2.24) is 10.2 Å². The fraction of sp³-hybridized carbons (Fsp3) is 0.412. The van der Waals surface area contributed by atoms with Gasteiger partial charge in [0.05, 0.1) is 4.92 Å². The van der Waals surface area contributed by atoms with Gasteiger partial charge in [0, 0.05) is 32.1 Å². The summed E-state index contributed by atoms with van der Waals surface area (Å²) in [5, 5.41) is 21.9. The van der Waals surface area contributed by atoms with E-state index in [4.69, 9.17) is 5.11 Å². The van der Waals surface area contributed by atoms with Gasteiger partial charge in [0.2, 0.25) is 5.91 Å². The van der Waals surface area contributed by atoms with Crippen LogP contribution in [0.2, 0.25) is 0 Å². The van der Waals surface area contributed by atoms with Gasteiger partial charge in [-0.25, -0.2) is 4.79 Å². The van der Waals surface area contributed by atoms with E-state index in [1.54, 1.807) is 7.05 Å². The lowest BCUT2D eigenvalue weighted by Crippen LogP contribution is -2.48. The molecule has 0 aromatic heterocycles. The second-order valence-electron chi connectivity index (χ2n) is 5.67. The van der Waals surface area contributed by atoms with E-state index in [1.165, 1.54) is 29.2 Å². The molecule has 8 nitrogen and oxygen atoms in total. The van der Waals surface area contributed by atoms with E-state index < -0.39 is 17.1 Å². The highest BCUT2D eigenvalue weighted by molar-refractivity contribution is 5.85. The molecule has 0 aliphatic carbocycles. The topological polar surface area (TPSA) is 113 Å². The van der Waals surface area contributed by atoms with Crippen LogP contribution in [0.5, 0.6) is 0 Å². The highest BCUT2D eigenvalue weighted by Gasteiger charge is 2.24. The summed E-state index contributed by atoms with van der Waals surface area (Å²) < 4.78 is 0. The molecule has 0 spiro atoms. The van der Waals surface area contributed by atoms with Crippen molar-refractivity contribution in [3.63, 3.8) is 0 Å². The van der Waals surface area contributed by atoms with E-state index in [-0.39, 0.29) is 18.0 Å². The fourth-order valence-electron chi connectivity index (χ4n) is 2.35. The zero-order valence-electron chi connectivity index (χ0n) is 14.2. The molecule has 0 aliphatic heterocycles. The Morgan fingerprint density at radius 2 is 2.00 bits per heavy atom. The van der Waals surface area contributed by atoms with E-state index in [0.717, 1.165) is 19.3 Å². The van der Waals surface area contributed by atoms with Gasteiger partial charge in [-0.15, -0.1) is 6.58 Å². The average molecular weight is 349 g/mol. The normalized spacial score (nSPS) is 11.4. The molecule has 8 heteroatoms. The Kier molecular flexibility index (Phi) is 8.11. The molecule has 0 heterocycles. The molecule has 0 unspecified atom stereocenters. The lowest BCUT2D eigenvalue weighted by Gasteiger charge is -2.24. The minimum atomic E-state index is -1.29. The van der Waals surface area contributed by atoms with Crippen LogP contribution >= 0.6 is 0 Å². The minimum Gasteiger partial charge on any atom is -0.465 e. The molecule has 136 valence electrons. The minimum absolute atomic E-state index is 0.0582. The van der Waals surface area contributed by atoms with E-state index in [2.05, 4.69) is 11.9 Å². The van der Waals surface area contributed by atoms with E-state index in [1.807, 2.05) is 6.08 Å². The van der Waals surface area contributed by atoms with Gasteiger partial charge in [0.15, 0.2) is 0 Å². The van der Waals surface area contributed by atoms with Gasteiger partial charge in [-0.3, -0.25) is 14.9 Å². The number of nitrogens with zero attached hydrogens (tertiary/aromatic N) is 2. The molecule has 0 saturated carbocycles. The largest absolute Gasteiger partial charge is 0.465 e. The summed E-state index contributed by atoms with van der Waals surface area (Å²) in [6, 6.07) is 4.76. The number of non-ortho nitro benzene ring substituents is 1. The van der Waals surface area contributed by atoms with Crippen molar-refractivity contribution in [3.05, 3.63) is 52.6 Å². The standard InChI is InChI=1S/C17H23N3O5/c1-3-4-5-6-11-19(2)16(21)15(18-17(22)23)12-13-7-9-14(10-8-13)20(24)25/h3,7-10,15,18H,1,4-6,11-12H2,2H3,(H,22,23)/t15-/m0/s1. The lowest BCUT2D eigenvalue weighted by molar-refractivity contribution is -0.384. The summed E-state index contributed by atoms with van der Waals surface area (Å²) >= 11 is 0. The van der Waals surface area contributed by atoms with Crippen molar-refractivity contribution in [1.29, 1.82) is 0 Å². The molecular weight excluding hydrogens is 326 g/mol. The van der Waals surface area contributed by atoms with Crippen LogP contribution in [0, 0.1) is 10.1 Å². The SMILES string of the molecule is C=CCCCCN(C)C(=O)[C@H](Cc1ccc([N+](=O)[O-])cc1)NC(=O)O. The maximum atomic E-state index is 12.5. The smallest absolute Gasteiger partial charge is 0.405 e. The number of carbonyl (C=O) groups excluding carboxylic acids is 1. The number of carboxylic acid groups (broad SMARTS) is 1. The summed E-state index contributed by atoms with van der Waals surface area (Å²) in [7, 11) is 1.63. The number of carbonyl (C=O) groups is 2. The Morgan fingerprint density at radius 3 is 2.52 bits per heavy atom. The molecule has 2 N–H and O–H groups in total. The van der Waals surface area contributed by atoms with Crippen LogP contribution in [-0.4, -0.2) is 46.6 Å². The van der Waals surface area contributed by atoms with Crippen molar-refractivity contribution >= 4 is 17.7 Å². The van der Waals surface area contributed by atoms with Crippen molar-refractivity contribution in [3.8, 4) is 0 Å². The van der Waals surface area contributed by atoms with Gasteiger partial charge in [-0.2, -0.15) is 0 Å². The van der Waals surface area contributed by atoms with Crippen LogP contribution < -0.4 is 5.32 Å². The molecule has 0 aliphatic rings. The first kappa shape index (κ1) is 20.1. The molecule has 25 heavy (non-hydrogen) atoms. The quantitative estimate of drug-likeness (QED) is 0.292. The number of nitrogens with one attached hydrogen (secondary N) is 1. The molecule has 1 aromatic carbocycles. The number of rotatable bonds is 10. The van der Waals surface area contributed by atoms with Gasteiger partial charge in [0.1, 0.15) is 6.04 Å². The number of amides is 2. The van der Waals surface area contributed by atoms with Crippen LogP contribution in [0.1, 0.15) is 24.8 Å². The van der Waals surface area contributed by atoms with E-state index in [0.29, 0.717) is 12.1 Å². The van der Waals surface area contributed by atoms with Gasteiger partial charge in [-0.05, 0) is 24.8 Å². The summed E-state index contributed by atoms with van der Waals surface area (Å²) in [5.74, 6) is -0.334. The highest BCUT2D eigenvalue weighted by atomic mass is 16.6. The summed E-state index contributed by atoms with van der Waals surface area (Å²) in [5.41, 5.74) is 0.579. The second-order valence-corrected chi connectivity index (χ2v) is 5.67. The van der Waals surface area contributed by atoms with Gasteiger partial charge < -0.3 is 15.3 Å². The molecule has 1 aromatic rings. The lowest BCUT2D eigenvalue weighted by atomic mass is 10.0. The first-order valence-electron chi connectivity index (χ1n) is 7.93. The van der Waals surface area contributed by atoms with E-state index >= 15 is 0 Å². The summed E-state index contributed by atoms with van der Waals surface area (Å²) in [6.45, 7) is 4.16. The van der Waals surface area contributed by atoms with Crippen molar-refractivity contribution in [2.24, 2.45) is 0 Å². The van der Waals surface area contributed by atoms with Crippen LogP contribution in [0.3, 0.4) is 0 Å². The third kappa shape index (κ3) is 7.03. The Morgan fingerprint density at radius 1 is 1.36 bits per heavy atom. The molecule has 1 rings (SSSR count). The molecule has 1 atom stereocenters. The molecule has 2 amide bonds.